The van der Waals surface area contributed by atoms with Gasteiger partial charge in [-0.25, -0.2) is 4.98 Å². The maximum Gasteiger partial charge on any atom is 0.416 e. The molecule has 3 aromatic carbocycles. The van der Waals surface area contributed by atoms with Gasteiger partial charge in [0.1, 0.15) is 11.1 Å². The van der Waals surface area contributed by atoms with Gasteiger partial charge < -0.3 is 14.6 Å². The van der Waals surface area contributed by atoms with Crippen LogP contribution in [0.15, 0.2) is 59.0 Å². The number of hydrogen-bond donors (Lipinski definition) is 3. The average molecular weight is 525 g/mol. The van der Waals surface area contributed by atoms with Crippen LogP contribution in [-0.2, 0) is 17.5 Å². The van der Waals surface area contributed by atoms with Gasteiger partial charge in [0.2, 0.25) is 0 Å². The number of aryl methyl sites for hydroxylation is 1. The number of nitrogens with one attached hydrogen (secondary N) is 1. The Hall–Kier alpha value is -3.95. The van der Waals surface area contributed by atoms with E-state index in [9.17, 15) is 28.2 Å². The van der Waals surface area contributed by atoms with Crippen molar-refractivity contribution < 1.29 is 32.6 Å². The lowest BCUT2D eigenvalue weighted by Crippen LogP contribution is -2.52. The molecule has 0 bridgehead atoms. The SMILES string of the molecule is Cc1nc2ccc(-c3cccc(/C=C/c4cc(CN[C@@](C)(CO)C(=O)O)ccc4C(F)(F)F)c3C)cc2o1. The molecule has 0 saturated carbocycles. The molecule has 3 N–H and O–H groups in total. The fraction of sp³-hybridized carbons (Fsp3) is 0.241. The van der Waals surface area contributed by atoms with Gasteiger partial charge in [-0.05, 0) is 71.5 Å². The standard InChI is InChI=1S/C29H27F3N2O4/c1-17-20(5-4-6-23(17)21-10-12-25-26(14-21)38-18(2)34-25)8-9-22-13-19(7-11-24(22)29(30,31)32)15-33-28(3,16-35)27(36)37/h4-14,33,35H,15-16H2,1-3H3,(H,36,37)/b9-8+/t28-/m0/s1. The molecular weight excluding hydrogens is 497 g/mol. The molecule has 9 heteroatoms. The number of nitrogens with zero attached hydrogens (tertiary/aromatic N) is 1. The second-order valence-corrected chi connectivity index (χ2v) is 9.34. The van der Waals surface area contributed by atoms with Gasteiger partial charge >= 0.3 is 12.1 Å². The second kappa shape index (κ2) is 10.4. The third-order valence-electron chi connectivity index (χ3n) is 6.52. The number of carboxylic acids is 1. The lowest BCUT2D eigenvalue weighted by molar-refractivity contribution is -0.146. The van der Waals surface area contributed by atoms with E-state index < -0.39 is 29.9 Å². The number of aliphatic hydroxyl groups excluding tert-OH is 1. The number of hydrogen-bond acceptors (Lipinski definition) is 5. The van der Waals surface area contributed by atoms with Crippen LogP contribution in [0.1, 0.15) is 40.6 Å². The number of fused-ring (bicyclic) bond motifs is 1. The van der Waals surface area contributed by atoms with Crippen molar-refractivity contribution in [3.8, 4) is 11.1 Å². The summed E-state index contributed by atoms with van der Waals surface area (Å²) < 4.78 is 46.9. The smallest absolute Gasteiger partial charge is 0.416 e. The van der Waals surface area contributed by atoms with E-state index in [1.165, 1.54) is 25.1 Å². The molecule has 0 fully saturated rings. The highest BCUT2D eigenvalue weighted by Gasteiger charge is 2.34. The molecule has 0 aliphatic carbocycles. The summed E-state index contributed by atoms with van der Waals surface area (Å²) in [5.74, 6) is -0.701. The summed E-state index contributed by atoms with van der Waals surface area (Å²) in [4.78, 5) is 15.7. The predicted molar refractivity (Wildman–Crippen MR) is 139 cm³/mol. The molecule has 6 nitrogen and oxygen atoms in total. The molecule has 0 amide bonds. The Bertz CT molecular complexity index is 1520. The first-order valence-corrected chi connectivity index (χ1v) is 11.9. The molecule has 4 aromatic rings. The van der Waals surface area contributed by atoms with Crippen molar-refractivity contribution in [1.82, 2.24) is 10.3 Å². The van der Waals surface area contributed by atoms with Crippen molar-refractivity contribution >= 4 is 29.2 Å². The van der Waals surface area contributed by atoms with Crippen LogP contribution in [0.5, 0.6) is 0 Å². The number of aliphatic carboxylic acids is 1. The summed E-state index contributed by atoms with van der Waals surface area (Å²) in [6.07, 6.45) is -1.54. The maximum absolute atomic E-state index is 13.8. The number of carboxylic acid groups (broad SMARTS) is 1. The van der Waals surface area contributed by atoms with Crippen LogP contribution in [0.3, 0.4) is 0 Å². The molecule has 4 rings (SSSR count). The van der Waals surface area contributed by atoms with E-state index in [0.29, 0.717) is 17.0 Å². The molecule has 0 aliphatic rings. The highest BCUT2D eigenvalue weighted by Crippen LogP contribution is 2.34. The third kappa shape index (κ3) is 5.64. The van der Waals surface area contributed by atoms with Gasteiger partial charge in [-0.2, -0.15) is 13.2 Å². The van der Waals surface area contributed by atoms with Crippen LogP contribution >= 0.6 is 0 Å². The molecule has 198 valence electrons. The van der Waals surface area contributed by atoms with Crippen LogP contribution in [0.4, 0.5) is 13.2 Å². The number of carbonyl (C=O) groups is 1. The Morgan fingerprint density at radius 1 is 1.05 bits per heavy atom. The largest absolute Gasteiger partial charge is 0.480 e. The summed E-state index contributed by atoms with van der Waals surface area (Å²) in [7, 11) is 0. The van der Waals surface area contributed by atoms with E-state index in [-0.39, 0.29) is 12.1 Å². The zero-order valence-corrected chi connectivity index (χ0v) is 21.1. The van der Waals surface area contributed by atoms with Crippen LogP contribution in [0, 0.1) is 13.8 Å². The zero-order valence-electron chi connectivity index (χ0n) is 21.1. The summed E-state index contributed by atoms with van der Waals surface area (Å²) >= 11 is 0. The second-order valence-electron chi connectivity index (χ2n) is 9.34. The normalized spacial score (nSPS) is 13.8. The number of aromatic nitrogens is 1. The fourth-order valence-electron chi connectivity index (χ4n) is 4.15. The number of oxazole rings is 1. The summed E-state index contributed by atoms with van der Waals surface area (Å²) in [6, 6.07) is 14.9. The molecule has 0 saturated heterocycles. The number of rotatable bonds is 8. The quantitative estimate of drug-likeness (QED) is 0.237. The molecule has 1 heterocycles. The summed E-state index contributed by atoms with van der Waals surface area (Å²) in [6.45, 7) is 4.26. The molecule has 1 aromatic heterocycles. The van der Waals surface area contributed by atoms with E-state index >= 15 is 0 Å². The maximum atomic E-state index is 13.8. The molecule has 0 radical (unpaired) electrons. The highest BCUT2D eigenvalue weighted by molar-refractivity contribution is 5.83. The van der Waals surface area contributed by atoms with Gasteiger partial charge in [-0.1, -0.05) is 42.5 Å². The van der Waals surface area contributed by atoms with Crippen molar-refractivity contribution in [2.24, 2.45) is 0 Å². The van der Waals surface area contributed by atoms with Gasteiger partial charge in [0, 0.05) is 13.5 Å². The monoisotopic (exact) mass is 524 g/mol. The van der Waals surface area contributed by atoms with Gasteiger partial charge in [0.25, 0.3) is 0 Å². The number of alkyl halides is 3. The molecular formula is C29H27F3N2O4. The Balaban J connectivity index is 1.67. The van der Waals surface area contributed by atoms with E-state index in [2.05, 4.69) is 10.3 Å². The molecule has 1 atom stereocenters. The third-order valence-corrected chi connectivity index (χ3v) is 6.52. The van der Waals surface area contributed by atoms with E-state index in [4.69, 9.17) is 4.42 Å². The van der Waals surface area contributed by atoms with Crippen molar-refractivity contribution in [2.45, 2.75) is 39.0 Å². The minimum Gasteiger partial charge on any atom is -0.480 e. The predicted octanol–water partition coefficient (Wildman–Crippen LogP) is 6.23. The van der Waals surface area contributed by atoms with E-state index in [0.717, 1.165) is 33.8 Å². The summed E-state index contributed by atoms with van der Waals surface area (Å²) in [5, 5.41) is 21.4. The number of halogens is 3. The zero-order chi connectivity index (χ0) is 27.7. The number of aliphatic hydroxyl groups is 1. The first-order valence-electron chi connectivity index (χ1n) is 11.9. The van der Waals surface area contributed by atoms with Crippen molar-refractivity contribution in [3.63, 3.8) is 0 Å². The average Bonchev–Trinajstić information content (AvgIpc) is 3.25. The molecule has 38 heavy (non-hydrogen) atoms. The molecule has 0 aliphatic heterocycles. The van der Waals surface area contributed by atoms with Crippen molar-refractivity contribution in [3.05, 3.63) is 88.3 Å². The van der Waals surface area contributed by atoms with Gasteiger partial charge in [0.05, 0.1) is 12.2 Å². The van der Waals surface area contributed by atoms with Gasteiger partial charge in [-0.3, -0.25) is 10.1 Å². The Morgan fingerprint density at radius 3 is 2.47 bits per heavy atom. The molecule has 0 spiro atoms. The van der Waals surface area contributed by atoms with Crippen LogP contribution in [0.2, 0.25) is 0 Å². The van der Waals surface area contributed by atoms with Crippen molar-refractivity contribution in [2.75, 3.05) is 6.61 Å². The minimum atomic E-state index is -4.58. The Morgan fingerprint density at radius 2 is 1.79 bits per heavy atom. The van der Waals surface area contributed by atoms with Crippen LogP contribution in [0.25, 0.3) is 34.4 Å². The first-order chi connectivity index (χ1) is 17.9. The Labute approximate surface area is 217 Å². The van der Waals surface area contributed by atoms with E-state index in [1.54, 1.807) is 13.0 Å². The van der Waals surface area contributed by atoms with Crippen LogP contribution < -0.4 is 5.32 Å². The topological polar surface area (TPSA) is 95.6 Å². The molecule has 0 unspecified atom stereocenters. The summed E-state index contributed by atoms with van der Waals surface area (Å²) in [5.41, 5.74) is 2.80. The van der Waals surface area contributed by atoms with Gasteiger partial charge in [-0.15, -0.1) is 0 Å². The minimum absolute atomic E-state index is 0.0412. The fourth-order valence-corrected chi connectivity index (χ4v) is 4.15. The van der Waals surface area contributed by atoms with Gasteiger partial charge in [0.15, 0.2) is 11.5 Å². The highest BCUT2D eigenvalue weighted by atomic mass is 19.4. The number of benzene rings is 3. The van der Waals surface area contributed by atoms with Crippen molar-refractivity contribution in [1.29, 1.82) is 0 Å². The van der Waals surface area contributed by atoms with E-state index in [1.807, 2.05) is 43.3 Å². The lowest BCUT2D eigenvalue weighted by Gasteiger charge is -2.24. The Kier molecular flexibility index (Phi) is 7.44. The first kappa shape index (κ1) is 27.1. The lowest BCUT2D eigenvalue weighted by atomic mass is 9.95. The van der Waals surface area contributed by atoms with Crippen LogP contribution in [-0.4, -0.2) is 33.3 Å².